The number of rotatable bonds is 6. The van der Waals surface area contributed by atoms with Crippen molar-refractivity contribution < 1.29 is 9.53 Å². The molecule has 0 aliphatic carbocycles. The summed E-state index contributed by atoms with van der Waals surface area (Å²) in [5.41, 5.74) is 4.26. The number of allylic oxidation sites excluding steroid dienone is 1. The molecule has 0 saturated heterocycles. The molecule has 0 radical (unpaired) electrons. The number of hydrogen-bond donors (Lipinski definition) is 1. The Bertz CT molecular complexity index is 695. The Morgan fingerprint density at radius 3 is 2.57 bits per heavy atom. The fourth-order valence-corrected chi connectivity index (χ4v) is 2.04. The van der Waals surface area contributed by atoms with Crippen LogP contribution in [0.3, 0.4) is 0 Å². The lowest BCUT2D eigenvalue weighted by Gasteiger charge is -2.05. The predicted octanol–water partition coefficient (Wildman–Crippen LogP) is 3.88. The fourth-order valence-electron chi connectivity index (χ4n) is 1.68. The Morgan fingerprint density at radius 2 is 1.87 bits per heavy atom. The average molecular weight is 420 g/mol. The van der Waals surface area contributed by atoms with E-state index in [1.807, 2.05) is 73.7 Å². The second-order valence-electron chi connectivity index (χ2n) is 4.77. The van der Waals surface area contributed by atoms with Crippen molar-refractivity contribution in [3.05, 3.63) is 69.8 Å². The molecule has 2 rings (SSSR count). The van der Waals surface area contributed by atoms with Crippen molar-refractivity contribution in [1.82, 2.24) is 5.43 Å². The van der Waals surface area contributed by atoms with Crippen LogP contribution in [0.15, 0.2) is 65.8 Å². The SMILES string of the molecule is CC(/C=C/c1ccccc1)=N/NC(=O)COc1ccc(I)cc1. The third-order valence-corrected chi connectivity index (χ3v) is 3.58. The maximum Gasteiger partial charge on any atom is 0.277 e. The molecule has 0 aromatic heterocycles. The normalized spacial score (nSPS) is 11.5. The molecule has 5 heteroatoms. The highest BCUT2D eigenvalue weighted by atomic mass is 127. The van der Waals surface area contributed by atoms with Crippen LogP contribution in [0.2, 0.25) is 0 Å². The van der Waals surface area contributed by atoms with E-state index >= 15 is 0 Å². The standard InChI is InChI=1S/C18H17IN2O2/c1-14(7-8-15-5-3-2-4-6-15)20-21-18(22)13-23-17-11-9-16(19)10-12-17/h2-12H,13H2,1H3,(H,21,22)/b8-7+,20-14-. The summed E-state index contributed by atoms with van der Waals surface area (Å²) in [6.45, 7) is 1.75. The minimum Gasteiger partial charge on any atom is -0.484 e. The first kappa shape index (κ1) is 17.2. The zero-order valence-electron chi connectivity index (χ0n) is 12.7. The van der Waals surface area contributed by atoms with Crippen molar-refractivity contribution in [2.45, 2.75) is 6.92 Å². The van der Waals surface area contributed by atoms with E-state index in [-0.39, 0.29) is 12.5 Å². The van der Waals surface area contributed by atoms with Gasteiger partial charge in [0.05, 0.1) is 5.71 Å². The summed E-state index contributed by atoms with van der Waals surface area (Å²) in [6, 6.07) is 17.4. The molecule has 1 N–H and O–H groups in total. The second kappa shape index (κ2) is 9.09. The van der Waals surface area contributed by atoms with E-state index in [9.17, 15) is 4.79 Å². The van der Waals surface area contributed by atoms with E-state index in [2.05, 4.69) is 33.1 Å². The third kappa shape index (κ3) is 6.65. The summed E-state index contributed by atoms with van der Waals surface area (Å²) in [4.78, 5) is 11.7. The highest BCUT2D eigenvalue weighted by molar-refractivity contribution is 14.1. The van der Waals surface area contributed by atoms with Gasteiger partial charge in [0.15, 0.2) is 6.61 Å². The first-order valence-corrected chi connectivity index (χ1v) is 8.16. The number of hydrazone groups is 1. The quantitative estimate of drug-likeness (QED) is 0.438. The van der Waals surface area contributed by atoms with Crippen LogP contribution in [-0.2, 0) is 4.79 Å². The van der Waals surface area contributed by atoms with Gasteiger partial charge in [-0.2, -0.15) is 5.10 Å². The molecule has 2 aromatic carbocycles. The smallest absolute Gasteiger partial charge is 0.277 e. The summed E-state index contributed by atoms with van der Waals surface area (Å²) in [7, 11) is 0. The van der Waals surface area contributed by atoms with Crippen molar-refractivity contribution in [3.63, 3.8) is 0 Å². The number of carbonyl (C=O) groups is 1. The Balaban J connectivity index is 1.78. The van der Waals surface area contributed by atoms with Gasteiger partial charge >= 0.3 is 0 Å². The lowest BCUT2D eigenvalue weighted by atomic mass is 10.2. The molecular weight excluding hydrogens is 403 g/mol. The van der Waals surface area contributed by atoms with Crippen LogP contribution in [-0.4, -0.2) is 18.2 Å². The zero-order chi connectivity index (χ0) is 16.5. The van der Waals surface area contributed by atoms with Gasteiger partial charge in [-0.05, 0) is 65.4 Å². The number of carbonyl (C=O) groups excluding carboxylic acids is 1. The first-order valence-electron chi connectivity index (χ1n) is 7.08. The number of halogens is 1. The summed E-state index contributed by atoms with van der Waals surface area (Å²) >= 11 is 2.21. The van der Waals surface area contributed by atoms with Crippen molar-refractivity contribution in [3.8, 4) is 5.75 Å². The maximum atomic E-state index is 11.7. The molecule has 4 nitrogen and oxygen atoms in total. The second-order valence-corrected chi connectivity index (χ2v) is 6.02. The Labute approximate surface area is 149 Å². The largest absolute Gasteiger partial charge is 0.484 e. The van der Waals surface area contributed by atoms with E-state index in [1.165, 1.54) is 0 Å². The number of nitrogens with one attached hydrogen (secondary N) is 1. The molecule has 0 fully saturated rings. The van der Waals surface area contributed by atoms with Gasteiger partial charge in [-0.15, -0.1) is 0 Å². The average Bonchev–Trinajstić information content (AvgIpc) is 2.58. The fraction of sp³-hybridized carbons (Fsp3) is 0.111. The van der Waals surface area contributed by atoms with E-state index in [0.717, 1.165) is 9.13 Å². The minimum atomic E-state index is -0.295. The monoisotopic (exact) mass is 420 g/mol. The van der Waals surface area contributed by atoms with Crippen molar-refractivity contribution in [1.29, 1.82) is 0 Å². The van der Waals surface area contributed by atoms with Gasteiger partial charge in [-0.1, -0.05) is 36.4 Å². The van der Waals surface area contributed by atoms with Gasteiger partial charge in [0.1, 0.15) is 5.75 Å². The van der Waals surface area contributed by atoms with Crippen LogP contribution >= 0.6 is 22.6 Å². The topological polar surface area (TPSA) is 50.7 Å². The van der Waals surface area contributed by atoms with Crippen LogP contribution in [0.5, 0.6) is 5.75 Å². The molecule has 0 saturated carbocycles. The predicted molar refractivity (Wildman–Crippen MR) is 101 cm³/mol. The van der Waals surface area contributed by atoms with Gasteiger partial charge in [-0.3, -0.25) is 4.79 Å². The van der Waals surface area contributed by atoms with Crippen LogP contribution in [0.1, 0.15) is 12.5 Å². The molecule has 1 amide bonds. The highest BCUT2D eigenvalue weighted by Crippen LogP contribution is 2.13. The number of amides is 1. The molecule has 0 atom stereocenters. The minimum absolute atomic E-state index is 0.0697. The Hall–Kier alpha value is -2.15. The zero-order valence-corrected chi connectivity index (χ0v) is 14.9. The van der Waals surface area contributed by atoms with E-state index in [1.54, 1.807) is 0 Å². The first-order chi connectivity index (χ1) is 11.1. The van der Waals surface area contributed by atoms with Gasteiger partial charge in [-0.25, -0.2) is 5.43 Å². The van der Waals surface area contributed by atoms with Gasteiger partial charge in [0.2, 0.25) is 0 Å². The summed E-state index contributed by atoms with van der Waals surface area (Å²) in [5.74, 6) is 0.362. The van der Waals surface area contributed by atoms with Gasteiger partial charge in [0, 0.05) is 3.57 Å². The number of ether oxygens (including phenoxy) is 1. The number of hydrogen-bond acceptors (Lipinski definition) is 3. The molecule has 118 valence electrons. The molecule has 2 aromatic rings. The lowest BCUT2D eigenvalue weighted by Crippen LogP contribution is -2.25. The molecule has 0 aliphatic heterocycles. The van der Waals surface area contributed by atoms with E-state index < -0.39 is 0 Å². The van der Waals surface area contributed by atoms with Crippen LogP contribution in [0.4, 0.5) is 0 Å². The molecule has 0 spiro atoms. The summed E-state index contributed by atoms with van der Waals surface area (Å²) in [5, 5.41) is 4.01. The molecule has 0 bridgehead atoms. The summed E-state index contributed by atoms with van der Waals surface area (Å²) in [6.07, 6.45) is 3.78. The number of benzene rings is 2. The molecule has 0 aliphatic rings. The Morgan fingerprint density at radius 1 is 1.17 bits per heavy atom. The maximum absolute atomic E-state index is 11.7. The third-order valence-electron chi connectivity index (χ3n) is 2.86. The van der Waals surface area contributed by atoms with Gasteiger partial charge in [0.25, 0.3) is 5.91 Å². The molecule has 0 heterocycles. The molecule has 23 heavy (non-hydrogen) atoms. The van der Waals surface area contributed by atoms with E-state index in [4.69, 9.17) is 4.74 Å². The van der Waals surface area contributed by atoms with Crippen molar-refractivity contribution in [2.24, 2.45) is 5.10 Å². The molecular formula is C18H17IN2O2. The molecule has 0 unspecified atom stereocenters. The van der Waals surface area contributed by atoms with Crippen LogP contribution < -0.4 is 10.2 Å². The summed E-state index contributed by atoms with van der Waals surface area (Å²) < 4.78 is 6.50. The lowest BCUT2D eigenvalue weighted by molar-refractivity contribution is -0.123. The van der Waals surface area contributed by atoms with Crippen LogP contribution in [0, 0.1) is 3.57 Å². The Kier molecular flexibility index (Phi) is 6.80. The van der Waals surface area contributed by atoms with E-state index in [0.29, 0.717) is 11.5 Å². The van der Waals surface area contributed by atoms with Crippen molar-refractivity contribution in [2.75, 3.05) is 6.61 Å². The van der Waals surface area contributed by atoms with Crippen LogP contribution in [0.25, 0.3) is 6.08 Å². The number of nitrogens with zero attached hydrogens (tertiary/aromatic N) is 1. The van der Waals surface area contributed by atoms with Gasteiger partial charge < -0.3 is 4.74 Å². The van der Waals surface area contributed by atoms with Crippen molar-refractivity contribution >= 4 is 40.3 Å². The highest BCUT2D eigenvalue weighted by Gasteiger charge is 2.01.